The van der Waals surface area contributed by atoms with E-state index in [9.17, 15) is 35.8 Å². The van der Waals surface area contributed by atoms with Crippen LogP contribution < -0.4 is 19.1 Å². The van der Waals surface area contributed by atoms with Crippen molar-refractivity contribution in [3.05, 3.63) is 72.3 Å². The zero-order valence-electron chi connectivity index (χ0n) is 20.7. The van der Waals surface area contributed by atoms with Crippen molar-refractivity contribution in [1.82, 2.24) is 0 Å². The van der Waals surface area contributed by atoms with Gasteiger partial charge in [-0.2, -0.15) is 17.6 Å². The molecule has 1 heterocycles. The SMILES string of the molecule is CC(C)(O)CN1c2cccc(-c3cccc(OC(F)(F)F)c3)c2OCC1c1cccc(OC(F)(F)C(F)F)c1. The Balaban J connectivity index is 1.74. The minimum Gasteiger partial charge on any atom is -0.488 e. The van der Waals surface area contributed by atoms with Gasteiger partial charge in [-0.3, -0.25) is 0 Å². The predicted octanol–water partition coefficient (Wildman–Crippen LogP) is 7.20. The van der Waals surface area contributed by atoms with E-state index < -0.39 is 42.0 Å². The molecule has 0 bridgehead atoms. The van der Waals surface area contributed by atoms with Gasteiger partial charge in [0.05, 0.1) is 17.3 Å². The van der Waals surface area contributed by atoms with Crippen LogP contribution in [-0.2, 0) is 0 Å². The summed E-state index contributed by atoms with van der Waals surface area (Å²) in [5.74, 6) is -0.585. The van der Waals surface area contributed by atoms with Gasteiger partial charge < -0.3 is 24.2 Å². The number of hydrogen-bond acceptors (Lipinski definition) is 5. The molecule has 5 nitrogen and oxygen atoms in total. The fourth-order valence-electron chi connectivity index (χ4n) is 4.29. The maximum absolute atomic E-state index is 13.5. The fraction of sp³-hybridized carbons (Fsp3) is 0.333. The van der Waals surface area contributed by atoms with E-state index in [2.05, 4.69) is 9.47 Å². The highest BCUT2D eigenvalue weighted by molar-refractivity contribution is 5.80. The van der Waals surface area contributed by atoms with Crippen LogP contribution >= 0.6 is 0 Å². The van der Waals surface area contributed by atoms with Gasteiger partial charge in [-0.25, -0.2) is 0 Å². The minimum atomic E-state index is -4.88. The van der Waals surface area contributed by atoms with Crippen LogP contribution in [0.1, 0.15) is 25.5 Å². The third-order valence-corrected chi connectivity index (χ3v) is 5.75. The molecule has 1 unspecified atom stereocenters. The molecular formula is C27H24F7NO4. The van der Waals surface area contributed by atoms with E-state index in [0.717, 1.165) is 12.1 Å². The summed E-state index contributed by atoms with van der Waals surface area (Å²) in [6.45, 7) is 3.09. The fourth-order valence-corrected chi connectivity index (χ4v) is 4.29. The quantitative estimate of drug-likeness (QED) is 0.296. The van der Waals surface area contributed by atoms with E-state index in [4.69, 9.17) is 4.74 Å². The van der Waals surface area contributed by atoms with Crippen molar-refractivity contribution in [2.75, 3.05) is 18.1 Å². The minimum absolute atomic E-state index is 0.0347. The lowest BCUT2D eigenvalue weighted by molar-refractivity contribution is -0.274. The molecule has 0 aliphatic carbocycles. The number of anilines is 1. The predicted molar refractivity (Wildman–Crippen MR) is 128 cm³/mol. The number of ether oxygens (including phenoxy) is 3. The molecule has 0 radical (unpaired) electrons. The molecule has 1 atom stereocenters. The third-order valence-electron chi connectivity index (χ3n) is 5.75. The van der Waals surface area contributed by atoms with Crippen molar-refractivity contribution in [1.29, 1.82) is 0 Å². The summed E-state index contributed by atoms with van der Waals surface area (Å²) in [5.41, 5.74) is 0.434. The smallest absolute Gasteiger partial charge is 0.488 e. The Morgan fingerprint density at radius 2 is 1.56 bits per heavy atom. The van der Waals surface area contributed by atoms with Crippen molar-refractivity contribution in [2.24, 2.45) is 0 Å². The molecule has 1 N–H and O–H groups in total. The van der Waals surface area contributed by atoms with Crippen LogP contribution in [0.25, 0.3) is 11.1 Å². The van der Waals surface area contributed by atoms with Crippen molar-refractivity contribution < 1.29 is 50.1 Å². The maximum atomic E-state index is 13.5. The first kappa shape index (κ1) is 28.3. The zero-order valence-corrected chi connectivity index (χ0v) is 20.7. The van der Waals surface area contributed by atoms with E-state index >= 15 is 0 Å². The molecule has 4 rings (SSSR count). The lowest BCUT2D eigenvalue weighted by atomic mass is 9.97. The van der Waals surface area contributed by atoms with E-state index in [0.29, 0.717) is 28.1 Å². The van der Waals surface area contributed by atoms with Gasteiger partial charge >= 0.3 is 18.9 Å². The average Bonchev–Trinajstić information content (AvgIpc) is 2.82. The second kappa shape index (κ2) is 10.5. The van der Waals surface area contributed by atoms with Crippen LogP contribution in [0.2, 0.25) is 0 Å². The molecule has 0 aromatic heterocycles. The molecule has 12 heteroatoms. The summed E-state index contributed by atoms with van der Waals surface area (Å²) in [5, 5.41) is 10.6. The molecule has 210 valence electrons. The van der Waals surface area contributed by atoms with Gasteiger partial charge in [0.25, 0.3) is 0 Å². The number of hydrogen-bond donors (Lipinski definition) is 1. The topological polar surface area (TPSA) is 51.2 Å². The monoisotopic (exact) mass is 559 g/mol. The lowest BCUT2D eigenvalue weighted by Crippen LogP contribution is -2.45. The Morgan fingerprint density at radius 3 is 2.21 bits per heavy atom. The summed E-state index contributed by atoms with van der Waals surface area (Å²) < 4.78 is 105. The number of alkyl halides is 7. The van der Waals surface area contributed by atoms with Crippen molar-refractivity contribution in [2.45, 2.75) is 44.4 Å². The zero-order chi connectivity index (χ0) is 28.6. The van der Waals surface area contributed by atoms with Crippen LogP contribution in [0, 0.1) is 0 Å². The first-order valence-electron chi connectivity index (χ1n) is 11.7. The average molecular weight is 559 g/mol. The number of para-hydroxylation sites is 1. The normalized spacial score (nSPS) is 16.1. The van der Waals surface area contributed by atoms with Crippen LogP contribution in [0.4, 0.5) is 36.4 Å². The van der Waals surface area contributed by atoms with Crippen molar-refractivity contribution in [3.63, 3.8) is 0 Å². The van der Waals surface area contributed by atoms with E-state index in [-0.39, 0.29) is 13.2 Å². The maximum Gasteiger partial charge on any atom is 0.573 e. The third kappa shape index (κ3) is 6.86. The molecule has 0 spiro atoms. The number of β-amino-alcohol motifs (C(OH)–C–C–N with tert-alkyl or cyclic N) is 1. The van der Waals surface area contributed by atoms with Gasteiger partial charge in [0, 0.05) is 12.1 Å². The van der Waals surface area contributed by atoms with E-state index in [1.54, 1.807) is 49.1 Å². The second-order valence-corrected chi connectivity index (χ2v) is 9.53. The lowest BCUT2D eigenvalue weighted by Gasteiger charge is -2.42. The summed E-state index contributed by atoms with van der Waals surface area (Å²) in [4.78, 5) is 1.75. The van der Waals surface area contributed by atoms with Crippen LogP contribution in [-0.4, -0.2) is 42.8 Å². The summed E-state index contributed by atoms with van der Waals surface area (Å²) in [6.07, 6.45) is -13.6. The van der Waals surface area contributed by atoms with Gasteiger partial charge in [-0.05, 0) is 55.3 Å². The molecule has 1 aliphatic heterocycles. The number of aliphatic hydroxyl groups is 1. The highest BCUT2D eigenvalue weighted by Gasteiger charge is 2.44. The van der Waals surface area contributed by atoms with Crippen molar-refractivity contribution >= 4 is 5.69 Å². The molecule has 0 fully saturated rings. The van der Waals surface area contributed by atoms with E-state index in [1.165, 1.54) is 24.3 Å². The number of fused-ring (bicyclic) bond motifs is 1. The number of benzene rings is 3. The largest absolute Gasteiger partial charge is 0.573 e. The highest BCUT2D eigenvalue weighted by Crippen LogP contribution is 2.46. The molecule has 1 aliphatic rings. The van der Waals surface area contributed by atoms with Gasteiger partial charge in [-0.15, -0.1) is 13.2 Å². The Kier molecular flexibility index (Phi) is 7.61. The summed E-state index contributed by atoms with van der Waals surface area (Å²) >= 11 is 0. The first-order valence-corrected chi connectivity index (χ1v) is 11.7. The van der Waals surface area contributed by atoms with Crippen LogP contribution in [0.5, 0.6) is 17.2 Å². The molecule has 0 saturated carbocycles. The van der Waals surface area contributed by atoms with Gasteiger partial charge in [0.2, 0.25) is 0 Å². The molecule has 0 amide bonds. The molecule has 3 aromatic rings. The highest BCUT2D eigenvalue weighted by atomic mass is 19.4. The summed E-state index contributed by atoms with van der Waals surface area (Å²) in [6, 6.07) is 14.9. The van der Waals surface area contributed by atoms with Gasteiger partial charge in [-0.1, -0.05) is 36.4 Å². The summed E-state index contributed by atoms with van der Waals surface area (Å²) in [7, 11) is 0. The molecule has 3 aromatic carbocycles. The molecule has 0 saturated heterocycles. The Hall–Kier alpha value is -3.67. The van der Waals surface area contributed by atoms with Gasteiger partial charge in [0.15, 0.2) is 5.75 Å². The van der Waals surface area contributed by atoms with Crippen molar-refractivity contribution in [3.8, 4) is 28.4 Å². The Morgan fingerprint density at radius 1 is 0.923 bits per heavy atom. The second-order valence-electron chi connectivity index (χ2n) is 9.53. The molecule has 39 heavy (non-hydrogen) atoms. The Labute approximate surface area is 219 Å². The Bertz CT molecular complexity index is 1310. The van der Waals surface area contributed by atoms with Crippen LogP contribution in [0.15, 0.2) is 66.7 Å². The number of rotatable bonds is 8. The molecular weight excluding hydrogens is 535 g/mol. The number of halogens is 7. The first-order chi connectivity index (χ1) is 18.1. The van der Waals surface area contributed by atoms with Gasteiger partial charge in [0.1, 0.15) is 18.1 Å². The van der Waals surface area contributed by atoms with E-state index in [1.807, 2.05) is 0 Å². The standard InChI is InChI=1S/C27H24F7NO4/c1-25(2,36)15-35-21-11-5-10-20(16-6-3-9-19(12-16)39-27(32,33)34)23(21)37-14-22(35)17-7-4-8-18(13-17)38-26(30,31)24(28)29/h3-13,22,24,36H,14-15H2,1-2H3. The van der Waals surface area contributed by atoms with Crippen LogP contribution in [0.3, 0.4) is 0 Å². The number of nitrogens with zero attached hydrogens (tertiary/aromatic N) is 1.